The van der Waals surface area contributed by atoms with Crippen molar-refractivity contribution < 1.29 is 4.74 Å². The van der Waals surface area contributed by atoms with Crippen molar-refractivity contribution in [1.29, 1.82) is 0 Å². The van der Waals surface area contributed by atoms with Gasteiger partial charge in [0.2, 0.25) is 0 Å². The fourth-order valence-electron chi connectivity index (χ4n) is 1.79. The van der Waals surface area contributed by atoms with Crippen LogP contribution in [0.1, 0.15) is 16.8 Å². The van der Waals surface area contributed by atoms with E-state index in [1.807, 2.05) is 29.8 Å². The summed E-state index contributed by atoms with van der Waals surface area (Å²) in [5, 5.41) is 4.26. The molecule has 0 radical (unpaired) electrons. The van der Waals surface area contributed by atoms with E-state index >= 15 is 0 Å². The van der Waals surface area contributed by atoms with E-state index in [2.05, 4.69) is 11.2 Å². The molecule has 17 heavy (non-hydrogen) atoms. The van der Waals surface area contributed by atoms with E-state index in [0.29, 0.717) is 6.54 Å². The Balaban J connectivity index is 2.25. The second kappa shape index (κ2) is 5.01. The predicted octanol–water partition coefficient (Wildman–Crippen LogP) is 1.71. The SMILES string of the molecule is COc1cc(Cn2nccc2C)ccc1CN. The fourth-order valence-corrected chi connectivity index (χ4v) is 1.79. The highest BCUT2D eigenvalue weighted by Gasteiger charge is 2.04. The largest absolute Gasteiger partial charge is 0.496 e. The Morgan fingerprint density at radius 1 is 1.35 bits per heavy atom. The third-order valence-corrected chi connectivity index (χ3v) is 2.83. The smallest absolute Gasteiger partial charge is 0.123 e. The summed E-state index contributed by atoms with van der Waals surface area (Å²) in [5.41, 5.74) is 8.96. The van der Waals surface area contributed by atoms with Gasteiger partial charge in [0.1, 0.15) is 5.75 Å². The molecule has 0 aliphatic rings. The monoisotopic (exact) mass is 231 g/mol. The molecule has 1 aromatic heterocycles. The van der Waals surface area contributed by atoms with Gasteiger partial charge in [-0.25, -0.2) is 0 Å². The minimum absolute atomic E-state index is 0.490. The van der Waals surface area contributed by atoms with E-state index in [9.17, 15) is 0 Å². The number of benzene rings is 1. The Morgan fingerprint density at radius 2 is 2.18 bits per heavy atom. The van der Waals surface area contributed by atoms with Gasteiger partial charge in [0.15, 0.2) is 0 Å². The molecule has 1 aromatic carbocycles. The van der Waals surface area contributed by atoms with Crippen molar-refractivity contribution in [1.82, 2.24) is 9.78 Å². The molecule has 0 amide bonds. The Bertz CT molecular complexity index is 505. The van der Waals surface area contributed by atoms with Gasteiger partial charge >= 0.3 is 0 Å². The Labute approximate surface area is 101 Å². The lowest BCUT2D eigenvalue weighted by Gasteiger charge is -2.10. The predicted molar refractivity (Wildman–Crippen MR) is 67.0 cm³/mol. The Hall–Kier alpha value is -1.81. The van der Waals surface area contributed by atoms with Crippen LogP contribution in [0.5, 0.6) is 5.75 Å². The highest BCUT2D eigenvalue weighted by Crippen LogP contribution is 2.20. The molecule has 0 unspecified atom stereocenters. The highest BCUT2D eigenvalue weighted by atomic mass is 16.5. The van der Waals surface area contributed by atoms with E-state index < -0.39 is 0 Å². The maximum Gasteiger partial charge on any atom is 0.123 e. The molecule has 2 aromatic rings. The Kier molecular flexibility index (Phi) is 3.44. The van der Waals surface area contributed by atoms with Gasteiger partial charge in [0.25, 0.3) is 0 Å². The number of hydrogen-bond acceptors (Lipinski definition) is 3. The van der Waals surface area contributed by atoms with Gasteiger partial charge < -0.3 is 10.5 Å². The minimum Gasteiger partial charge on any atom is -0.496 e. The molecule has 2 rings (SSSR count). The summed E-state index contributed by atoms with van der Waals surface area (Å²) >= 11 is 0. The first-order valence-electron chi connectivity index (χ1n) is 5.59. The molecule has 0 spiro atoms. The van der Waals surface area contributed by atoms with Crippen molar-refractivity contribution in [3.63, 3.8) is 0 Å². The van der Waals surface area contributed by atoms with Gasteiger partial charge in [-0.3, -0.25) is 4.68 Å². The molecule has 4 nitrogen and oxygen atoms in total. The first kappa shape index (κ1) is 11.7. The average molecular weight is 231 g/mol. The zero-order valence-corrected chi connectivity index (χ0v) is 10.2. The molecule has 0 atom stereocenters. The third-order valence-electron chi connectivity index (χ3n) is 2.83. The maximum absolute atomic E-state index is 5.64. The summed E-state index contributed by atoms with van der Waals surface area (Å²) < 4.78 is 7.27. The van der Waals surface area contributed by atoms with Crippen LogP contribution in [0.4, 0.5) is 0 Å². The average Bonchev–Trinajstić information content (AvgIpc) is 2.75. The van der Waals surface area contributed by atoms with Crippen molar-refractivity contribution in [2.75, 3.05) is 7.11 Å². The number of nitrogens with zero attached hydrogens (tertiary/aromatic N) is 2. The zero-order chi connectivity index (χ0) is 12.3. The molecule has 0 aliphatic heterocycles. The molecule has 2 N–H and O–H groups in total. The summed E-state index contributed by atoms with van der Waals surface area (Å²) in [5.74, 6) is 0.842. The molecule has 0 fully saturated rings. The summed E-state index contributed by atoms with van der Waals surface area (Å²) in [7, 11) is 1.66. The van der Waals surface area contributed by atoms with Crippen molar-refractivity contribution in [3.05, 3.63) is 47.3 Å². The quantitative estimate of drug-likeness (QED) is 0.871. The van der Waals surface area contributed by atoms with E-state index in [1.54, 1.807) is 13.3 Å². The van der Waals surface area contributed by atoms with E-state index in [4.69, 9.17) is 10.5 Å². The fraction of sp³-hybridized carbons (Fsp3) is 0.308. The minimum atomic E-state index is 0.490. The molecular weight excluding hydrogens is 214 g/mol. The van der Waals surface area contributed by atoms with Gasteiger partial charge in [0, 0.05) is 24.0 Å². The Morgan fingerprint density at radius 3 is 2.76 bits per heavy atom. The summed E-state index contributed by atoms with van der Waals surface area (Å²) in [4.78, 5) is 0. The molecule has 0 aliphatic carbocycles. The van der Waals surface area contributed by atoms with Gasteiger partial charge in [-0.2, -0.15) is 5.10 Å². The van der Waals surface area contributed by atoms with Crippen LogP contribution < -0.4 is 10.5 Å². The molecule has 1 heterocycles. The van der Waals surface area contributed by atoms with E-state index in [0.717, 1.165) is 29.1 Å². The summed E-state index contributed by atoms with van der Waals surface area (Å²) in [6.45, 7) is 3.28. The lowest BCUT2D eigenvalue weighted by atomic mass is 10.1. The summed E-state index contributed by atoms with van der Waals surface area (Å²) in [6.07, 6.45) is 1.81. The second-order valence-electron chi connectivity index (χ2n) is 3.98. The molecule has 4 heteroatoms. The normalized spacial score (nSPS) is 10.5. The van der Waals surface area contributed by atoms with Crippen LogP contribution in [-0.2, 0) is 13.1 Å². The van der Waals surface area contributed by atoms with Crippen LogP contribution >= 0.6 is 0 Å². The van der Waals surface area contributed by atoms with Gasteiger partial charge in [-0.05, 0) is 24.6 Å². The van der Waals surface area contributed by atoms with E-state index in [1.165, 1.54) is 0 Å². The summed E-state index contributed by atoms with van der Waals surface area (Å²) in [6, 6.07) is 8.08. The third kappa shape index (κ3) is 2.47. The van der Waals surface area contributed by atoms with Crippen LogP contribution in [0.2, 0.25) is 0 Å². The van der Waals surface area contributed by atoms with Crippen LogP contribution in [-0.4, -0.2) is 16.9 Å². The number of ether oxygens (including phenoxy) is 1. The molecular formula is C13H17N3O. The maximum atomic E-state index is 5.64. The number of aryl methyl sites for hydroxylation is 1. The van der Waals surface area contributed by atoms with Gasteiger partial charge in [-0.1, -0.05) is 12.1 Å². The number of methoxy groups -OCH3 is 1. The van der Waals surface area contributed by atoms with Crippen LogP contribution in [0.15, 0.2) is 30.5 Å². The molecule has 90 valence electrons. The lowest BCUT2D eigenvalue weighted by molar-refractivity contribution is 0.409. The standard InChI is InChI=1S/C13H17N3O/c1-10-5-6-15-16(10)9-11-3-4-12(8-14)13(7-11)17-2/h3-7H,8-9,14H2,1-2H3. The molecule has 0 saturated heterocycles. The van der Waals surface area contributed by atoms with Crippen molar-refractivity contribution >= 4 is 0 Å². The first-order valence-corrected chi connectivity index (χ1v) is 5.59. The van der Waals surface area contributed by atoms with Crippen molar-refractivity contribution in [2.45, 2.75) is 20.0 Å². The van der Waals surface area contributed by atoms with Crippen LogP contribution in [0.25, 0.3) is 0 Å². The van der Waals surface area contributed by atoms with Gasteiger partial charge in [0.05, 0.1) is 13.7 Å². The zero-order valence-electron chi connectivity index (χ0n) is 10.2. The van der Waals surface area contributed by atoms with Crippen molar-refractivity contribution in [2.24, 2.45) is 5.73 Å². The van der Waals surface area contributed by atoms with Gasteiger partial charge in [-0.15, -0.1) is 0 Å². The number of hydrogen-bond donors (Lipinski definition) is 1. The number of aromatic nitrogens is 2. The van der Waals surface area contributed by atoms with E-state index in [-0.39, 0.29) is 0 Å². The second-order valence-corrected chi connectivity index (χ2v) is 3.98. The van der Waals surface area contributed by atoms with Crippen LogP contribution in [0.3, 0.4) is 0 Å². The topological polar surface area (TPSA) is 53.1 Å². The number of nitrogens with two attached hydrogens (primary N) is 1. The lowest BCUT2D eigenvalue weighted by Crippen LogP contribution is -2.05. The first-order chi connectivity index (χ1) is 8.24. The van der Waals surface area contributed by atoms with Crippen LogP contribution in [0, 0.1) is 6.92 Å². The number of rotatable bonds is 4. The highest BCUT2D eigenvalue weighted by molar-refractivity contribution is 5.37. The van der Waals surface area contributed by atoms with Crippen molar-refractivity contribution in [3.8, 4) is 5.75 Å². The molecule has 0 bridgehead atoms. The molecule has 0 saturated carbocycles.